The summed E-state index contributed by atoms with van der Waals surface area (Å²) in [6, 6.07) is 9.14. The topological polar surface area (TPSA) is 99.5 Å². The Balaban J connectivity index is 1.96. The summed E-state index contributed by atoms with van der Waals surface area (Å²) in [6.45, 7) is 4.02. The lowest BCUT2D eigenvalue weighted by Gasteiger charge is -2.35. The maximum absolute atomic E-state index is 6.71. The molecular formula is C21H18BrN7O. The number of hydrogen-bond donors (Lipinski definition) is 0. The molecule has 8 nitrogen and oxygen atoms in total. The van der Waals surface area contributed by atoms with E-state index >= 15 is 0 Å². The van der Waals surface area contributed by atoms with Gasteiger partial charge in [-0.05, 0) is 40.2 Å². The first-order chi connectivity index (χ1) is 14.6. The molecule has 0 bridgehead atoms. The fraction of sp³-hybridized carbons (Fsp3) is 0.190. The van der Waals surface area contributed by atoms with Crippen molar-refractivity contribution in [3.05, 3.63) is 83.8 Å². The zero-order valence-electron chi connectivity index (χ0n) is 16.3. The second-order valence-corrected chi connectivity index (χ2v) is 7.48. The maximum Gasteiger partial charge on any atom is 0.229 e. The first-order valence-corrected chi connectivity index (χ1v) is 10.1. The summed E-state index contributed by atoms with van der Waals surface area (Å²) in [7, 11) is 0. The average molecular weight is 464 g/mol. The van der Waals surface area contributed by atoms with Crippen molar-refractivity contribution in [2.24, 2.45) is 5.92 Å². The summed E-state index contributed by atoms with van der Waals surface area (Å²) in [4.78, 5) is 22.4. The van der Waals surface area contributed by atoms with Gasteiger partial charge in [-0.3, -0.25) is 4.98 Å². The molecule has 0 radical (unpaired) electrons. The molecule has 4 aromatic heterocycles. The Morgan fingerprint density at radius 3 is 1.97 bits per heavy atom. The molecule has 4 heterocycles. The minimum Gasteiger partial charge on any atom is -0.467 e. The molecular weight excluding hydrogens is 446 g/mol. The van der Waals surface area contributed by atoms with E-state index in [-0.39, 0.29) is 5.92 Å². The molecule has 9 heteroatoms. The quantitative estimate of drug-likeness (QED) is 0.424. The third kappa shape index (κ3) is 3.63. The number of aromatic nitrogens is 7. The third-order valence-electron chi connectivity index (χ3n) is 4.58. The van der Waals surface area contributed by atoms with Crippen LogP contribution in [0.3, 0.4) is 0 Å². The van der Waals surface area contributed by atoms with Crippen molar-refractivity contribution in [2.75, 3.05) is 0 Å². The number of pyridine rings is 1. The first-order valence-electron chi connectivity index (χ1n) is 9.29. The fourth-order valence-corrected chi connectivity index (χ4v) is 3.51. The summed E-state index contributed by atoms with van der Waals surface area (Å²) >= 11 is 3.48. The van der Waals surface area contributed by atoms with Gasteiger partial charge < -0.3 is 4.74 Å². The largest absolute Gasteiger partial charge is 0.467 e. The number of rotatable bonds is 6. The van der Waals surface area contributed by atoms with Gasteiger partial charge in [0, 0.05) is 36.9 Å². The molecule has 0 spiro atoms. The molecule has 0 aliphatic carbocycles. The Morgan fingerprint density at radius 2 is 1.43 bits per heavy atom. The van der Waals surface area contributed by atoms with Gasteiger partial charge in [0.1, 0.15) is 0 Å². The van der Waals surface area contributed by atoms with E-state index in [1.165, 1.54) is 0 Å². The van der Waals surface area contributed by atoms with Crippen LogP contribution in [-0.4, -0.2) is 35.1 Å². The second-order valence-electron chi connectivity index (χ2n) is 6.73. The molecule has 30 heavy (non-hydrogen) atoms. The molecule has 0 unspecified atom stereocenters. The van der Waals surface area contributed by atoms with Crippen LogP contribution in [-0.2, 0) is 5.60 Å². The minimum atomic E-state index is -1.17. The SMILES string of the molecule is CC(C)C(Oc1c(-c2ccccn2)cnnc1Br)(c1ncccn1)c1ncccn1. The molecule has 0 aliphatic rings. The van der Waals surface area contributed by atoms with Crippen molar-refractivity contribution in [2.45, 2.75) is 19.4 Å². The molecule has 4 aromatic rings. The van der Waals surface area contributed by atoms with Crippen LogP contribution in [0, 0.1) is 5.92 Å². The normalized spacial score (nSPS) is 11.5. The van der Waals surface area contributed by atoms with Crippen LogP contribution in [0.5, 0.6) is 5.75 Å². The average Bonchev–Trinajstić information content (AvgIpc) is 2.80. The Labute approximate surface area is 182 Å². The summed E-state index contributed by atoms with van der Waals surface area (Å²) < 4.78 is 7.15. The molecule has 0 fully saturated rings. The summed E-state index contributed by atoms with van der Waals surface area (Å²) in [6.07, 6.45) is 10.0. The van der Waals surface area contributed by atoms with Crippen molar-refractivity contribution in [3.8, 4) is 17.0 Å². The molecule has 0 aromatic carbocycles. The van der Waals surface area contributed by atoms with Gasteiger partial charge in [-0.25, -0.2) is 19.9 Å². The van der Waals surface area contributed by atoms with Gasteiger partial charge in [0.05, 0.1) is 17.5 Å². The lowest BCUT2D eigenvalue weighted by Crippen LogP contribution is -2.43. The Bertz CT molecular complexity index is 1070. The third-order valence-corrected chi connectivity index (χ3v) is 5.10. The van der Waals surface area contributed by atoms with E-state index in [0.717, 1.165) is 0 Å². The van der Waals surface area contributed by atoms with E-state index in [2.05, 4.69) is 51.0 Å². The van der Waals surface area contributed by atoms with Crippen LogP contribution in [0.4, 0.5) is 0 Å². The molecule has 0 saturated carbocycles. The predicted octanol–water partition coefficient (Wildman–Crippen LogP) is 3.86. The molecule has 0 saturated heterocycles. The Morgan fingerprint density at radius 1 is 0.833 bits per heavy atom. The molecule has 0 atom stereocenters. The van der Waals surface area contributed by atoms with E-state index in [4.69, 9.17) is 4.74 Å². The Hall–Kier alpha value is -3.33. The van der Waals surface area contributed by atoms with E-state index < -0.39 is 5.60 Å². The van der Waals surface area contributed by atoms with Crippen molar-refractivity contribution >= 4 is 15.9 Å². The van der Waals surface area contributed by atoms with Gasteiger partial charge in [0.2, 0.25) is 5.60 Å². The van der Waals surface area contributed by atoms with Gasteiger partial charge >= 0.3 is 0 Å². The zero-order chi connectivity index (χ0) is 21.0. The minimum absolute atomic E-state index is 0.126. The highest BCUT2D eigenvalue weighted by Crippen LogP contribution is 2.43. The predicted molar refractivity (Wildman–Crippen MR) is 113 cm³/mol. The van der Waals surface area contributed by atoms with Gasteiger partial charge in [0.25, 0.3) is 0 Å². The van der Waals surface area contributed by atoms with Gasteiger partial charge in [-0.15, -0.1) is 5.10 Å². The first kappa shape index (κ1) is 20.0. The van der Waals surface area contributed by atoms with Crippen LogP contribution >= 0.6 is 15.9 Å². The lowest BCUT2D eigenvalue weighted by molar-refractivity contribution is 0.0409. The van der Waals surface area contributed by atoms with Gasteiger partial charge in [-0.2, -0.15) is 5.10 Å². The number of nitrogens with zero attached hydrogens (tertiary/aromatic N) is 7. The van der Waals surface area contributed by atoms with Crippen molar-refractivity contribution < 1.29 is 4.74 Å². The standard InChI is InChI=1S/C21H18BrN7O/c1-14(2)21(19-24-9-5-10-25-19,20-26-11-6-12-27-20)30-17-15(13-28-29-18(17)22)16-7-3-4-8-23-16/h3-14H,1-2H3. The van der Waals surface area contributed by atoms with Gasteiger partial charge in [-0.1, -0.05) is 19.9 Å². The molecule has 0 N–H and O–H groups in total. The van der Waals surface area contributed by atoms with Crippen LogP contribution in [0.25, 0.3) is 11.3 Å². The summed E-state index contributed by atoms with van der Waals surface area (Å²) in [5, 5.41) is 8.19. The highest BCUT2D eigenvalue weighted by Gasteiger charge is 2.47. The fourth-order valence-electron chi connectivity index (χ4n) is 3.12. The van der Waals surface area contributed by atoms with Crippen molar-refractivity contribution in [1.29, 1.82) is 0 Å². The number of hydrogen-bond acceptors (Lipinski definition) is 8. The Kier molecular flexibility index (Phi) is 5.71. The summed E-state index contributed by atoms with van der Waals surface area (Å²) in [5.74, 6) is 1.22. The maximum atomic E-state index is 6.71. The zero-order valence-corrected chi connectivity index (χ0v) is 17.9. The van der Waals surface area contributed by atoms with E-state index in [0.29, 0.717) is 33.3 Å². The van der Waals surface area contributed by atoms with Gasteiger partial charge in [0.15, 0.2) is 22.0 Å². The van der Waals surface area contributed by atoms with Crippen LogP contribution in [0.1, 0.15) is 25.5 Å². The van der Waals surface area contributed by atoms with Crippen LogP contribution < -0.4 is 4.74 Å². The van der Waals surface area contributed by atoms with Crippen LogP contribution in [0.2, 0.25) is 0 Å². The van der Waals surface area contributed by atoms with E-state index in [1.54, 1.807) is 49.3 Å². The smallest absolute Gasteiger partial charge is 0.229 e. The van der Waals surface area contributed by atoms with Crippen molar-refractivity contribution in [1.82, 2.24) is 35.1 Å². The molecule has 150 valence electrons. The van der Waals surface area contributed by atoms with E-state index in [9.17, 15) is 0 Å². The highest BCUT2D eigenvalue weighted by molar-refractivity contribution is 9.10. The lowest BCUT2D eigenvalue weighted by atomic mass is 9.87. The molecule has 0 amide bonds. The number of halogens is 1. The second kappa shape index (κ2) is 8.58. The summed E-state index contributed by atoms with van der Waals surface area (Å²) in [5.41, 5.74) is 0.204. The van der Waals surface area contributed by atoms with E-state index in [1.807, 2.05) is 32.0 Å². The number of ether oxygens (including phenoxy) is 1. The monoisotopic (exact) mass is 463 g/mol. The van der Waals surface area contributed by atoms with Crippen LogP contribution in [0.15, 0.2) is 72.1 Å². The van der Waals surface area contributed by atoms with Crippen molar-refractivity contribution in [3.63, 3.8) is 0 Å². The molecule has 0 aliphatic heterocycles. The molecule has 4 rings (SSSR count). The highest BCUT2D eigenvalue weighted by atomic mass is 79.9.